The van der Waals surface area contributed by atoms with Crippen LogP contribution in [-0.4, -0.2) is 19.1 Å². The van der Waals surface area contributed by atoms with E-state index in [1.807, 2.05) is 61.1 Å². The zero-order chi connectivity index (χ0) is 19.3. The molecule has 0 saturated heterocycles. The quantitative estimate of drug-likeness (QED) is 0.543. The summed E-state index contributed by atoms with van der Waals surface area (Å²) in [4.78, 5) is 19.9. The summed E-state index contributed by atoms with van der Waals surface area (Å²) in [5, 5.41) is 8.91. The van der Waals surface area contributed by atoms with Gasteiger partial charge in [0.05, 0.1) is 23.6 Å². The van der Waals surface area contributed by atoms with Gasteiger partial charge in [-0.15, -0.1) is 0 Å². The van der Waals surface area contributed by atoms with E-state index in [9.17, 15) is 4.79 Å². The third-order valence-corrected chi connectivity index (χ3v) is 4.55. The van der Waals surface area contributed by atoms with Crippen LogP contribution in [0.3, 0.4) is 0 Å². The van der Waals surface area contributed by atoms with Gasteiger partial charge in [0.25, 0.3) is 0 Å². The van der Waals surface area contributed by atoms with Crippen LogP contribution in [0.25, 0.3) is 5.69 Å². The van der Waals surface area contributed by atoms with Gasteiger partial charge >= 0.3 is 5.69 Å². The molecular formula is C22H17N5O. The van der Waals surface area contributed by atoms with Crippen molar-refractivity contribution in [2.24, 2.45) is 0 Å². The van der Waals surface area contributed by atoms with Crippen LogP contribution in [0.2, 0.25) is 0 Å². The number of imidazole rings is 1. The number of nitriles is 1. The number of benzene rings is 2. The molecule has 0 saturated carbocycles. The lowest BCUT2D eigenvalue weighted by Crippen LogP contribution is -2.19. The average molecular weight is 367 g/mol. The lowest BCUT2D eigenvalue weighted by Gasteiger charge is -2.10. The smallest absolute Gasteiger partial charge is 0.330 e. The topological polar surface area (TPSA) is 76.5 Å². The highest BCUT2D eigenvalue weighted by atomic mass is 16.1. The Morgan fingerprint density at radius 2 is 1.75 bits per heavy atom. The highest BCUT2D eigenvalue weighted by molar-refractivity contribution is 5.35. The van der Waals surface area contributed by atoms with Gasteiger partial charge in [-0.3, -0.25) is 4.57 Å². The fraction of sp³-hybridized carbons (Fsp3) is 0.0909. The zero-order valence-electron chi connectivity index (χ0n) is 15.1. The molecule has 0 amide bonds. The number of hydrogen-bond acceptors (Lipinski definition) is 4. The van der Waals surface area contributed by atoms with E-state index in [1.54, 1.807) is 12.3 Å². The maximum Gasteiger partial charge on any atom is 0.352 e. The van der Waals surface area contributed by atoms with Crippen LogP contribution in [0.15, 0.2) is 84.3 Å². The van der Waals surface area contributed by atoms with Crippen molar-refractivity contribution in [3.8, 4) is 11.8 Å². The molecule has 2 heterocycles. The van der Waals surface area contributed by atoms with Crippen LogP contribution in [0, 0.1) is 11.3 Å². The standard InChI is InChI=1S/C22H17N5O/c23-13-18-4-2-17(3-5-18)12-21-14-24-16-26(21)15-19-6-8-20(9-7-19)27-11-1-10-25-22(27)28/h1-11,14,16H,12,15H2. The van der Waals surface area contributed by atoms with Crippen molar-refractivity contribution in [2.45, 2.75) is 13.0 Å². The number of rotatable bonds is 5. The van der Waals surface area contributed by atoms with E-state index < -0.39 is 0 Å². The first-order valence-corrected chi connectivity index (χ1v) is 8.84. The molecule has 6 nitrogen and oxygen atoms in total. The molecule has 0 aliphatic heterocycles. The summed E-state index contributed by atoms with van der Waals surface area (Å²) in [6.07, 6.45) is 7.62. The fourth-order valence-corrected chi connectivity index (χ4v) is 3.06. The number of aromatic nitrogens is 4. The van der Waals surface area contributed by atoms with Gasteiger partial charge in [-0.25, -0.2) is 14.8 Å². The Morgan fingerprint density at radius 3 is 2.46 bits per heavy atom. The van der Waals surface area contributed by atoms with Gasteiger partial charge in [-0.2, -0.15) is 5.26 Å². The lowest BCUT2D eigenvalue weighted by molar-refractivity contribution is 0.753. The van der Waals surface area contributed by atoms with Gasteiger partial charge in [-0.1, -0.05) is 24.3 Å². The summed E-state index contributed by atoms with van der Waals surface area (Å²) in [7, 11) is 0. The van der Waals surface area contributed by atoms with Crippen molar-refractivity contribution in [1.82, 2.24) is 19.1 Å². The minimum absolute atomic E-state index is 0.297. The molecule has 0 fully saturated rings. The Bertz CT molecular complexity index is 1180. The molecule has 6 heteroatoms. The molecule has 0 aliphatic carbocycles. The molecule has 0 N–H and O–H groups in total. The third kappa shape index (κ3) is 3.74. The second-order valence-corrected chi connectivity index (χ2v) is 6.44. The summed E-state index contributed by atoms with van der Waals surface area (Å²) in [6, 6.07) is 19.3. The minimum atomic E-state index is -0.297. The van der Waals surface area contributed by atoms with Crippen molar-refractivity contribution in [3.05, 3.63) is 112 Å². The van der Waals surface area contributed by atoms with E-state index in [-0.39, 0.29) is 5.69 Å². The first kappa shape index (κ1) is 17.4. The highest BCUT2D eigenvalue weighted by Crippen LogP contribution is 2.14. The third-order valence-electron chi connectivity index (χ3n) is 4.55. The predicted molar refractivity (Wildman–Crippen MR) is 105 cm³/mol. The second-order valence-electron chi connectivity index (χ2n) is 6.44. The summed E-state index contributed by atoms with van der Waals surface area (Å²) in [6.45, 7) is 0.688. The molecule has 0 radical (unpaired) electrons. The van der Waals surface area contributed by atoms with Crippen molar-refractivity contribution in [2.75, 3.05) is 0 Å². The molecule has 0 spiro atoms. The Kier molecular flexibility index (Phi) is 4.81. The average Bonchev–Trinajstić information content (AvgIpc) is 3.16. The van der Waals surface area contributed by atoms with E-state index in [2.05, 4.69) is 20.6 Å². The fourth-order valence-electron chi connectivity index (χ4n) is 3.06. The molecule has 2 aromatic heterocycles. The first-order valence-electron chi connectivity index (χ1n) is 8.84. The SMILES string of the molecule is N#Cc1ccc(Cc2cncn2Cc2ccc(-n3cccnc3=O)cc2)cc1. The van der Waals surface area contributed by atoms with Gasteiger partial charge < -0.3 is 4.57 Å². The molecule has 0 atom stereocenters. The van der Waals surface area contributed by atoms with Crippen LogP contribution >= 0.6 is 0 Å². The molecule has 2 aromatic carbocycles. The monoisotopic (exact) mass is 367 g/mol. The van der Waals surface area contributed by atoms with Gasteiger partial charge in [0.2, 0.25) is 0 Å². The van der Waals surface area contributed by atoms with E-state index >= 15 is 0 Å². The summed E-state index contributed by atoms with van der Waals surface area (Å²) >= 11 is 0. The van der Waals surface area contributed by atoms with Crippen molar-refractivity contribution >= 4 is 0 Å². The van der Waals surface area contributed by atoms with Crippen LogP contribution in [0.5, 0.6) is 0 Å². The Hall–Kier alpha value is -3.98. The van der Waals surface area contributed by atoms with E-state index in [0.717, 1.165) is 28.9 Å². The van der Waals surface area contributed by atoms with Crippen LogP contribution < -0.4 is 5.69 Å². The summed E-state index contributed by atoms with van der Waals surface area (Å²) in [5.74, 6) is 0. The Labute approximate surface area is 162 Å². The van der Waals surface area contributed by atoms with Gasteiger partial charge in [0, 0.05) is 37.3 Å². The Balaban J connectivity index is 1.51. The normalized spacial score (nSPS) is 10.5. The summed E-state index contributed by atoms with van der Waals surface area (Å²) < 4.78 is 3.61. The highest BCUT2D eigenvalue weighted by Gasteiger charge is 2.06. The first-order chi connectivity index (χ1) is 13.7. The van der Waals surface area contributed by atoms with Crippen molar-refractivity contribution in [3.63, 3.8) is 0 Å². The maximum atomic E-state index is 11.8. The van der Waals surface area contributed by atoms with Crippen molar-refractivity contribution < 1.29 is 0 Å². The molecule has 4 aromatic rings. The molecule has 0 aliphatic rings. The van der Waals surface area contributed by atoms with E-state index in [1.165, 1.54) is 10.8 Å². The van der Waals surface area contributed by atoms with Gasteiger partial charge in [0.15, 0.2) is 0 Å². The maximum absolute atomic E-state index is 11.8. The zero-order valence-corrected chi connectivity index (χ0v) is 15.1. The molecule has 136 valence electrons. The van der Waals surface area contributed by atoms with Gasteiger partial charge in [0.1, 0.15) is 0 Å². The van der Waals surface area contributed by atoms with Gasteiger partial charge in [-0.05, 0) is 41.5 Å². The van der Waals surface area contributed by atoms with Crippen molar-refractivity contribution in [1.29, 1.82) is 5.26 Å². The lowest BCUT2D eigenvalue weighted by atomic mass is 10.1. The van der Waals surface area contributed by atoms with E-state index in [4.69, 9.17) is 5.26 Å². The van der Waals surface area contributed by atoms with Crippen LogP contribution in [0.1, 0.15) is 22.4 Å². The molecule has 28 heavy (non-hydrogen) atoms. The molecular weight excluding hydrogens is 350 g/mol. The second kappa shape index (κ2) is 7.72. The molecule has 0 unspecified atom stereocenters. The molecule has 4 rings (SSSR count). The van der Waals surface area contributed by atoms with Crippen LogP contribution in [0.4, 0.5) is 0 Å². The predicted octanol–water partition coefficient (Wildman–Crippen LogP) is 2.94. The Morgan fingerprint density at radius 1 is 1.00 bits per heavy atom. The largest absolute Gasteiger partial charge is 0.352 e. The molecule has 0 bridgehead atoms. The minimum Gasteiger partial charge on any atom is -0.330 e. The number of nitrogens with zero attached hydrogens (tertiary/aromatic N) is 5. The summed E-state index contributed by atoms with van der Waals surface area (Å²) in [5.41, 5.74) is 4.48. The van der Waals surface area contributed by atoms with Crippen LogP contribution in [-0.2, 0) is 13.0 Å². The van der Waals surface area contributed by atoms with E-state index in [0.29, 0.717) is 12.1 Å². The number of hydrogen-bond donors (Lipinski definition) is 0.